The summed E-state index contributed by atoms with van der Waals surface area (Å²) in [6.07, 6.45) is 5.48. The van der Waals surface area contributed by atoms with E-state index in [4.69, 9.17) is 15.2 Å². The van der Waals surface area contributed by atoms with Gasteiger partial charge in [-0.25, -0.2) is 4.79 Å². The van der Waals surface area contributed by atoms with Crippen molar-refractivity contribution in [3.8, 4) is 11.5 Å². The first-order valence-electron chi connectivity index (χ1n) is 10.4. The molecule has 0 fully saturated rings. The molecule has 1 unspecified atom stereocenters. The predicted octanol–water partition coefficient (Wildman–Crippen LogP) is 5.13. The molecular formula is C27H21NO4. The smallest absolute Gasteiger partial charge is 0.409 e. The maximum Gasteiger partial charge on any atom is 0.409 e. The maximum absolute atomic E-state index is 11.2. The van der Waals surface area contributed by atoms with E-state index in [9.17, 15) is 9.59 Å². The van der Waals surface area contributed by atoms with Gasteiger partial charge < -0.3 is 15.2 Å². The molecule has 2 aliphatic rings. The summed E-state index contributed by atoms with van der Waals surface area (Å²) < 4.78 is 10.1. The van der Waals surface area contributed by atoms with E-state index in [1.807, 2.05) is 36.4 Å². The topological polar surface area (TPSA) is 78.6 Å². The van der Waals surface area contributed by atoms with Gasteiger partial charge in [0.05, 0.1) is 5.41 Å². The Balaban J connectivity index is 1.77. The zero-order valence-electron chi connectivity index (χ0n) is 17.3. The quantitative estimate of drug-likeness (QED) is 0.577. The van der Waals surface area contributed by atoms with Crippen molar-refractivity contribution in [2.45, 2.75) is 18.3 Å². The van der Waals surface area contributed by atoms with Gasteiger partial charge in [-0.05, 0) is 70.5 Å². The average molecular weight is 423 g/mol. The summed E-state index contributed by atoms with van der Waals surface area (Å²) in [5, 5.41) is 0. The second-order valence-corrected chi connectivity index (χ2v) is 7.81. The number of primary amides is 1. The second kappa shape index (κ2) is 7.85. The van der Waals surface area contributed by atoms with E-state index in [2.05, 4.69) is 36.4 Å². The molecule has 2 N–H and O–H groups in total. The molecule has 5 nitrogen and oxygen atoms in total. The largest absolute Gasteiger partial charge is 0.429 e. The van der Waals surface area contributed by atoms with E-state index >= 15 is 0 Å². The number of carbonyl (C=O) groups excluding carboxylic acids is 2. The molecule has 0 radical (unpaired) electrons. The van der Waals surface area contributed by atoms with Crippen LogP contribution in [0.5, 0.6) is 11.5 Å². The molecule has 158 valence electrons. The fourth-order valence-electron chi connectivity index (χ4n) is 5.07. The van der Waals surface area contributed by atoms with E-state index in [-0.39, 0.29) is 0 Å². The number of carbonyl (C=O) groups is 2. The Labute approximate surface area is 185 Å². The van der Waals surface area contributed by atoms with Gasteiger partial charge in [-0.15, -0.1) is 0 Å². The van der Waals surface area contributed by atoms with E-state index in [1.54, 1.807) is 12.1 Å². The molecule has 32 heavy (non-hydrogen) atoms. The molecule has 3 aromatic carbocycles. The number of benzene rings is 3. The number of amides is 1. The van der Waals surface area contributed by atoms with Crippen molar-refractivity contribution in [2.24, 2.45) is 5.73 Å². The second-order valence-electron chi connectivity index (χ2n) is 7.81. The van der Waals surface area contributed by atoms with Crippen molar-refractivity contribution in [3.05, 3.63) is 113 Å². The number of rotatable bonds is 5. The molecule has 1 amide bonds. The van der Waals surface area contributed by atoms with Crippen LogP contribution in [0.2, 0.25) is 0 Å². The van der Waals surface area contributed by atoms with E-state index in [1.165, 1.54) is 22.3 Å². The lowest BCUT2D eigenvalue weighted by Gasteiger charge is -2.36. The molecule has 5 rings (SSSR count). The van der Waals surface area contributed by atoms with Crippen LogP contribution in [0, 0.1) is 0 Å². The summed E-state index contributed by atoms with van der Waals surface area (Å²) >= 11 is 0. The lowest BCUT2D eigenvalue weighted by atomic mass is 9.65. The number of allylic oxidation sites excluding steroid dienone is 4. The molecule has 0 saturated carbocycles. The fourth-order valence-corrected chi connectivity index (χ4v) is 5.07. The third-order valence-electron chi connectivity index (χ3n) is 6.22. The number of hydrogen-bond acceptors (Lipinski definition) is 4. The molecule has 5 heteroatoms. The predicted molar refractivity (Wildman–Crippen MR) is 121 cm³/mol. The zero-order chi connectivity index (χ0) is 22.1. The molecule has 0 spiro atoms. The van der Waals surface area contributed by atoms with Crippen LogP contribution in [0.3, 0.4) is 0 Å². The third kappa shape index (κ3) is 3.02. The zero-order valence-corrected chi connectivity index (χ0v) is 17.3. The van der Waals surface area contributed by atoms with Crippen molar-refractivity contribution in [3.63, 3.8) is 0 Å². The Kier molecular flexibility index (Phi) is 4.86. The number of ether oxygens (including phenoxy) is 2. The van der Waals surface area contributed by atoms with Crippen LogP contribution in [0.15, 0.2) is 90.5 Å². The van der Waals surface area contributed by atoms with Crippen molar-refractivity contribution >= 4 is 18.1 Å². The molecular weight excluding hydrogens is 402 g/mol. The average Bonchev–Trinajstić information content (AvgIpc) is 3.12. The summed E-state index contributed by atoms with van der Waals surface area (Å²) in [6.45, 7) is 0.430. The number of fused-ring (bicyclic) bond motifs is 2. The first-order chi connectivity index (χ1) is 15.6. The number of nitrogens with two attached hydrogens (primary N) is 1. The van der Waals surface area contributed by atoms with Gasteiger partial charge in [0, 0.05) is 0 Å². The SMILES string of the molecule is NC(=O)Oc1ccc(C2(c3ccc(OC=O)cc3)C3=C(C=CCC3)c3ccccc32)cc1. The van der Waals surface area contributed by atoms with Crippen LogP contribution < -0.4 is 15.2 Å². The fraction of sp³-hybridized carbons (Fsp3) is 0.111. The van der Waals surface area contributed by atoms with Crippen LogP contribution in [-0.4, -0.2) is 12.6 Å². The Morgan fingerprint density at radius 2 is 1.56 bits per heavy atom. The van der Waals surface area contributed by atoms with Gasteiger partial charge in [-0.3, -0.25) is 4.79 Å². The molecule has 0 bridgehead atoms. The Hall–Kier alpha value is -4.12. The Morgan fingerprint density at radius 1 is 0.906 bits per heavy atom. The lowest BCUT2D eigenvalue weighted by Crippen LogP contribution is -2.30. The molecule has 2 aliphatic carbocycles. The van der Waals surface area contributed by atoms with E-state index in [0.29, 0.717) is 18.0 Å². The first kappa shape index (κ1) is 19.8. The van der Waals surface area contributed by atoms with Crippen LogP contribution in [0.4, 0.5) is 4.79 Å². The highest BCUT2D eigenvalue weighted by atomic mass is 16.5. The molecule has 3 aromatic rings. The molecule has 0 heterocycles. The first-order valence-corrected chi connectivity index (χ1v) is 10.4. The summed E-state index contributed by atoms with van der Waals surface area (Å²) in [5.41, 5.74) is 11.8. The minimum Gasteiger partial charge on any atom is -0.429 e. The van der Waals surface area contributed by atoms with Crippen molar-refractivity contribution in [1.29, 1.82) is 0 Å². The minimum absolute atomic E-state index is 0.398. The molecule has 0 aliphatic heterocycles. The van der Waals surface area contributed by atoms with Gasteiger partial charge in [-0.1, -0.05) is 60.7 Å². The van der Waals surface area contributed by atoms with Crippen LogP contribution in [-0.2, 0) is 10.2 Å². The summed E-state index contributed by atoms with van der Waals surface area (Å²) in [6, 6.07) is 23.6. The van der Waals surface area contributed by atoms with Gasteiger partial charge in [0.25, 0.3) is 6.47 Å². The van der Waals surface area contributed by atoms with Crippen molar-refractivity contribution < 1.29 is 19.1 Å². The Morgan fingerprint density at radius 3 is 2.22 bits per heavy atom. The van der Waals surface area contributed by atoms with E-state index in [0.717, 1.165) is 24.0 Å². The van der Waals surface area contributed by atoms with Gasteiger partial charge in [0.15, 0.2) is 0 Å². The lowest BCUT2D eigenvalue weighted by molar-refractivity contribution is -0.120. The molecule has 0 aromatic heterocycles. The maximum atomic E-state index is 11.2. The summed E-state index contributed by atoms with van der Waals surface area (Å²) in [5.74, 6) is 0.892. The third-order valence-corrected chi connectivity index (χ3v) is 6.22. The summed E-state index contributed by atoms with van der Waals surface area (Å²) in [4.78, 5) is 22.0. The summed E-state index contributed by atoms with van der Waals surface area (Å²) in [7, 11) is 0. The van der Waals surface area contributed by atoms with Gasteiger partial charge in [-0.2, -0.15) is 0 Å². The minimum atomic E-state index is -0.841. The highest BCUT2D eigenvalue weighted by molar-refractivity contribution is 5.90. The van der Waals surface area contributed by atoms with Crippen LogP contribution in [0.25, 0.3) is 5.57 Å². The molecule has 0 saturated heterocycles. The monoisotopic (exact) mass is 423 g/mol. The number of hydrogen-bond donors (Lipinski definition) is 1. The van der Waals surface area contributed by atoms with Crippen molar-refractivity contribution in [1.82, 2.24) is 0 Å². The highest BCUT2D eigenvalue weighted by Gasteiger charge is 2.47. The van der Waals surface area contributed by atoms with Gasteiger partial charge >= 0.3 is 6.09 Å². The van der Waals surface area contributed by atoms with E-state index < -0.39 is 11.5 Å². The van der Waals surface area contributed by atoms with Crippen molar-refractivity contribution in [2.75, 3.05) is 0 Å². The van der Waals surface area contributed by atoms with Crippen LogP contribution >= 0.6 is 0 Å². The van der Waals surface area contributed by atoms with Gasteiger partial charge in [0.2, 0.25) is 0 Å². The molecule has 1 atom stereocenters. The van der Waals surface area contributed by atoms with Gasteiger partial charge in [0.1, 0.15) is 11.5 Å². The Bertz CT molecular complexity index is 1260. The standard InChI is InChI=1S/C27H21NO4/c28-26(30)32-21-15-11-19(12-16-21)27(18-9-13-20(14-10-18)31-17-29)24-7-3-1-5-22(24)23-6-2-4-8-25(23)27/h1-3,5-7,9-17H,4,8H2,(H2,28,30). The van der Waals surface area contributed by atoms with Crippen LogP contribution in [0.1, 0.15) is 35.1 Å². The normalized spacial score (nSPS) is 18.6. The highest BCUT2D eigenvalue weighted by Crippen LogP contribution is 2.57.